The Labute approximate surface area is 105 Å². The maximum absolute atomic E-state index is 12.7. The van der Waals surface area contributed by atoms with Gasteiger partial charge in [-0.25, -0.2) is 18.6 Å². The summed E-state index contributed by atoms with van der Waals surface area (Å²) in [5, 5.41) is 0. The number of aromatic nitrogens is 1. The Hall–Kier alpha value is -0.790. The topological polar surface area (TPSA) is 39.2 Å². The number of esters is 1. The zero-order chi connectivity index (χ0) is 12.3. The predicted molar refractivity (Wildman–Crippen MR) is 62.6 cm³/mol. The minimum Gasteiger partial charge on any atom is -0.461 e. The van der Waals surface area contributed by atoms with Crippen LogP contribution in [0.5, 0.6) is 0 Å². The first-order valence-electron chi connectivity index (χ1n) is 4.59. The fourth-order valence-corrected chi connectivity index (χ4v) is 1.80. The number of hydrogen-bond acceptors (Lipinski definition) is 3. The number of nitrogens with zero attached hydrogens (tertiary/aromatic N) is 1. The quantitative estimate of drug-likeness (QED) is 0.482. The third-order valence-electron chi connectivity index (χ3n) is 1.99. The Morgan fingerprint density at radius 2 is 2.25 bits per heavy atom. The molecule has 0 atom stereocenters. The maximum Gasteiger partial charge on any atom is 0.357 e. The molecule has 1 aromatic heterocycles. The second-order valence-corrected chi connectivity index (χ2v) is 4.13. The molecule has 1 aromatic rings. The van der Waals surface area contributed by atoms with Crippen LogP contribution in [0.4, 0.5) is 8.78 Å². The van der Waals surface area contributed by atoms with E-state index in [9.17, 15) is 13.6 Å². The van der Waals surface area contributed by atoms with Gasteiger partial charge in [-0.1, -0.05) is 0 Å². The van der Waals surface area contributed by atoms with Crippen molar-refractivity contribution in [3.63, 3.8) is 0 Å². The summed E-state index contributed by atoms with van der Waals surface area (Å²) in [6, 6.07) is 1.27. The van der Waals surface area contributed by atoms with Crippen molar-refractivity contribution in [2.75, 3.05) is 6.61 Å². The van der Waals surface area contributed by atoms with E-state index in [1.54, 1.807) is 29.5 Å². The molecule has 0 saturated carbocycles. The van der Waals surface area contributed by atoms with Crippen molar-refractivity contribution in [1.82, 2.24) is 4.98 Å². The molecule has 0 spiro atoms. The van der Waals surface area contributed by atoms with E-state index < -0.39 is 12.4 Å². The Bertz CT molecular complexity index is 410. The van der Waals surface area contributed by atoms with Gasteiger partial charge < -0.3 is 4.74 Å². The zero-order valence-electron chi connectivity index (χ0n) is 8.76. The summed E-state index contributed by atoms with van der Waals surface area (Å²) in [4.78, 5) is 15.4. The minimum atomic E-state index is -2.62. The van der Waals surface area contributed by atoms with E-state index >= 15 is 0 Å². The van der Waals surface area contributed by atoms with Crippen molar-refractivity contribution in [2.24, 2.45) is 0 Å². The number of hydrogen-bond donors (Lipinski definition) is 0. The third-order valence-corrected chi connectivity index (χ3v) is 2.54. The Kier molecular flexibility index (Phi) is 4.57. The van der Waals surface area contributed by atoms with Crippen LogP contribution in [0.1, 0.15) is 35.0 Å². The molecule has 0 bridgehead atoms. The second-order valence-electron chi connectivity index (χ2n) is 3.03. The average Bonchev–Trinajstić information content (AvgIpc) is 2.20. The van der Waals surface area contributed by atoms with Crippen LogP contribution in [0.2, 0.25) is 0 Å². The highest BCUT2D eigenvalue weighted by atomic mass is 127. The SMILES string of the molecule is CCOC(=O)c1nc(I)cc(C(F)F)c1C. The van der Waals surface area contributed by atoms with Crippen LogP contribution < -0.4 is 0 Å². The van der Waals surface area contributed by atoms with Gasteiger partial charge in [-0.15, -0.1) is 0 Å². The van der Waals surface area contributed by atoms with E-state index in [1.165, 1.54) is 13.0 Å². The van der Waals surface area contributed by atoms with Crippen LogP contribution in [-0.2, 0) is 4.74 Å². The number of carbonyl (C=O) groups is 1. The molecule has 0 amide bonds. The first-order valence-corrected chi connectivity index (χ1v) is 5.67. The number of ether oxygens (including phenoxy) is 1. The fourth-order valence-electron chi connectivity index (χ4n) is 1.22. The lowest BCUT2D eigenvalue weighted by Crippen LogP contribution is -2.12. The molecule has 1 heterocycles. The van der Waals surface area contributed by atoms with E-state index in [0.717, 1.165) is 0 Å². The molecule has 0 aliphatic heterocycles. The number of halogens is 3. The Morgan fingerprint density at radius 1 is 1.62 bits per heavy atom. The molecule has 0 aliphatic rings. The monoisotopic (exact) mass is 341 g/mol. The van der Waals surface area contributed by atoms with Gasteiger partial charge in [0, 0.05) is 5.56 Å². The number of rotatable bonds is 3. The number of pyridine rings is 1. The molecule has 0 aliphatic carbocycles. The third kappa shape index (κ3) is 2.87. The van der Waals surface area contributed by atoms with Crippen LogP contribution in [0.15, 0.2) is 6.07 Å². The molecule has 16 heavy (non-hydrogen) atoms. The van der Waals surface area contributed by atoms with Gasteiger partial charge in [-0.2, -0.15) is 0 Å². The van der Waals surface area contributed by atoms with Crippen molar-refractivity contribution in [2.45, 2.75) is 20.3 Å². The summed E-state index contributed by atoms with van der Waals surface area (Å²) in [5.41, 5.74) is -0.0413. The first kappa shape index (κ1) is 13.3. The molecule has 1 rings (SSSR count). The molecule has 0 unspecified atom stereocenters. The number of carbonyl (C=O) groups excluding carboxylic acids is 1. The van der Waals surface area contributed by atoms with Gasteiger partial charge in [-0.05, 0) is 48.1 Å². The van der Waals surface area contributed by atoms with Gasteiger partial charge >= 0.3 is 5.97 Å². The lowest BCUT2D eigenvalue weighted by Gasteiger charge is -2.09. The lowest BCUT2D eigenvalue weighted by molar-refractivity contribution is 0.0517. The van der Waals surface area contributed by atoms with E-state index in [0.29, 0.717) is 3.70 Å². The van der Waals surface area contributed by atoms with Crippen molar-refractivity contribution < 1.29 is 18.3 Å². The van der Waals surface area contributed by atoms with Crippen LogP contribution in [-0.4, -0.2) is 17.6 Å². The van der Waals surface area contributed by atoms with Gasteiger partial charge in [0.05, 0.1) is 6.61 Å². The maximum atomic E-state index is 12.7. The Morgan fingerprint density at radius 3 is 2.75 bits per heavy atom. The molecule has 6 heteroatoms. The highest BCUT2D eigenvalue weighted by Gasteiger charge is 2.20. The van der Waals surface area contributed by atoms with Crippen LogP contribution in [0, 0.1) is 10.6 Å². The zero-order valence-corrected chi connectivity index (χ0v) is 10.9. The fraction of sp³-hybridized carbons (Fsp3) is 0.400. The van der Waals surface area contributed by atoms with Crippen molar-refractivity contribution in [3.8, 4) is 0 Å². The van der Waals surface area contributed by atoms with Gasteiger partial charge in [0.1, 0.15) is 3.70 Å². The van der Waals surface area contributed by atoms with Crippen LogP contribution in [0.3, 0.4) is 0 Å². The number of alkyl halides is 2. The summed E-state index contributed by atoms with van der Waals surface area (Å²) in [5.74, 6) is -0.666. The van der Waals surface area contributed by atoms with E-state index in [2.05, 4.69) is 4.98 Å². The van der Waals surface area contributed by atoms with Gasteiger partial charge in [-0.3, -0.25) is 0 Å². The first-order chi connectivity index (χ1) is 7.47. The summed E-state index contributed by atoms with van der Waals surface area (Å²) in [6.07, 6.45) is -2.62. The molecule has 3 nitrogen and oxygen atoms in total. The predicted octanol–water partition coefficient (Wildman–Crippen LogP) is 3.11. The summed E-state index contributed by atoms with van der Waals surface area (Å²) < 4.78 is 30.4. The van der Waals surface area contributed by atoms with Crippen LogP contribution >= 0.6 is 22.6 Å². The van der Waals surface area contributed by atoms with Gasteiger partial charge in [0.15, 0.2) is 5.69 Å². The van der Waals surface area contributed by atoms with Crippen LogP contribution in [0.25, 0.3) is 0 Å². The highest BCUT2D eigenvalue weighted by Crippen LogP contribution is 2.25. The molecule has 0 saturated heterocycles. The standard InChI is InChI=1S/C10H10F2INO2/c1-3-16-10(15)8-5(2)6(9(11)12)4-7(13)14-8/h4,9H,3H2,1-2H3. The Balaban J connectivity index is 3.24. The molecule has 0 aromatic carbocycles. The second kappa shape index (κ2) is 5.51. The molecular weight excluding hydrogens is 331 g/mol. The molecular formula is C10H10F2INO2. The van der Waals surface area contributed by atoms with E-state index in [-0.39, 0.29) is 23.4 Å². The summed E-state index contributed by atoms with van der Waals surface area (Å²) in [6.45, 7) is 3.28. The molecule has 0 radical (unpaired) electrons. The smallest absolute Gasteiger partial charge is 0.357 e. The van der Waals surface area contributed by atoms with Crippen molar-refractivity contribution in [3.05, 3.63) is 26.6 Å². The van der Waals surface area contributed by atoms with Gasteiger partial charge in [0.2, 0.25) is 0 Å². The van der Waals surface area contributed by atoms with Crippen molar-refractivity contribution in [1.29, 1.82) is 0 Å². The summed E-state index contributed by atoms with van der Waals surface area (Å²) >= 11 is 1.79. The van der Waals surface area contributed by atoms with Crippen molar-refractivity contribution >= 4 is 28.6 Å². The lowest BCUT2D eigenvalue weighted by atomic mass is 10.1. The largest absolute Gasteiger partial charge is 0.461 e. The van der Waals surface area contributed by atoms with Gasteiger partial charge in [0.25, 0.3) is 6.43 Å². The van der Waals surface area contributed by atoms with E-state index in [1.807, 2.05) is 0 Å². The molecule has 0 N–H and O–H groups in total. The molecule has 88 valence electrons. The highest BCUT2D eigenvalue weighted by molar-refractivity contribution is 14.1. The normalized spacial score (nSPS) is 10.6. The summed E-state index contributed by atoms with van der Waals surface area (Å²) in [7, 11) is 0. The minimum absolute atomic E-state index is 0.0379. The van der Waals surface area contributed by atoms with E-state index in [4.69, 9.17) is 4.74 Å². The average molecular weight is 341 g/mol. The molecule has 0 fully saturated rings.